The van der Waals surface area contributed by atoms with Gasteiger partial charge in [0.15, 0.2) is 5.78 Å². The average molecular weight is 261 g/mol. The number of likely N-dealkylation sites (N-methyl/N-ethyl adjacent to an activating group) is 1. The van der Waals surface area contributed by atoms with Gasteiger partial charge in [-0.05, 0) is 45.4 Å². The van der Waals surface area contributed by atoms with E-state index in [1.807, 2.05) is 40.0 Å². The second-order valence-electron chi connectivity index (χ2n) is 5.81. The molecule has 0 aromatic heterocycles. The number of hydrogen-bond donors (Lipinski definition) is 0. The Morgan fingerprint density at radius 3 is 2.47 bits per heavy atom. The summed E-state index contributed by atoms with van der Waals surface area (Å²) in [6.07, 6.45) is 1.15. The van der Waals surface area contributed by atoms with Crippen molar-refractivity contribution in [3.8, 4) is 0 Å². The Morgan fingerprint density at radius 1 is 1.26 bits per heavy atom. The largest absolute Gasteiger partial charge is 0.296 e. The number of hydrogen-bond acceptors (Lipinski definition) is 2. The maximum absolute atomic E-state index is 12.6. The molecule has 1 aromatic carbocycles. The highest BCUT2D eigenvalue weighted by Crippen LogP contribution is 2.16. The van der Waals surface area contributed by atoms with E-state index in [2.05, 4.69) is 24.8 Å². The van der Waals surface area contributed by atoms with E-state index < -0.39 is 0 Å². The van der Waals surface area contributed by atoms with Gasteiger partial charge < -0.3 is 0 Å². The van der Waals surface area contributed by atoms with Crippen molar-refractivity contribution in [1.82, 2.24) is 4.90 Å². The summed E-state index contributed by atoms with van der Waals surface area (Å²) in [5.41, 5.74) is 3.08. The topological polar surface area (TPSA) is 20.3 Å². The summed E-state index contributed by atoms with van der Waals surface area (Å²) in [4.78, 5) is 14.8. The molecular weight excluding hydrogens is 234 g/mol. The Bertz CT molecular complexity index is 439. The van der Waals surface area contributed by atoms with Gasteiger partial charge in [0.1, 0.15) is 0 Å². The Labute approximate surface area is 117 Å². The van der Waals surface area contributed by atoms with Crippen LogP contribution in [0.15, 0.2) is 18.2 Å². The van der Waals surface area contributed by atoms with Crippen molar-refractivity contribution in [1.29, 1.82) is 0 Å². The van der Waals surface area contributed by atoms with Crippen LogP contribution in [0.1, 0.15) is 48.7 Å². The molecule has 0 aliphatic rings. The Morgan fingerprint density at radius 2 is 1.89 bits per heavy atom. The zero-order valence-electron chi connectivity index (χ0n) is 13.2. The summed E-state index contributed by atoms with van der Waals surface area (Å²) in [6, 6.07) is 6.03. The molecule has 2 unspecified atom stereocenters. The van der Waals surface area contributed by atoms with Gasteiger partial charge in [0.2, 0.25) is 0 Å². The van der Waals surface area contributed by atoms with E-state index in [4.69, 9.17) is 0 Å². The van der Waals surface area contributed by atoms with Crippen LogP contribution < -0.4 is 0 Å². The van der Waals surface area contributed by atoms with Crippen LogP contribution in [-0.2, 0) is 0 Å². The first kappa shape index (κ1) is 15.9. The van der Waals surface area contributed by atoms with Crippen molar-refractivity contribution >= 4 is 5.78 Å². The molecule has 2 heteroatoms. The molecule has 0 aliphatic carbocycles. The van der Waals surface area contributed by atoms with Gasteiger partial charge in [-0.15, -0.1) is 0 Å². The van der Waals surface area contributed by atoms with Crippen molar-refractivity contribution in [3.05, 3.63) is 34.9 Å². The van der Waals surface area contributed by atoms with E-state index in [0.717, 1.165) is 29.7 Å². The minimum Gasteiger partial charge on any atom is -0.296 e. The molecule has 0 spiro atoms. The molecular formula is C17H27NO. The molecule has 0 saturated carbocycles. The van der Waals surface area contributed by atoms with Crippen molar-refractivity contribution in [2.75, 3.05) is 13.6 Å². The highest BCUT2D eigenvalue weighted by Gasteiger charge is 2.21. The van der Waals surface area contributed by atoms with E-state index in [1.54, 1.807) is 0 Å². The number of benzene rings is 1. The van der Waals surface area contributed by atoms with Gasteiger partial charge >= 0.3 is 0 Å². The van der Waals surface area contributed by atoms with Gasteiger partial charge in [0, 0.05) is 12.1 Å². The normalized spacial score (nSPS) is 14.5. The number of carbonyl (C=O) groups is 1. The molecule has 106 valence electrons. The Hall–Kier alpha value is -1.15. The van der Waals surface area contributed by atoms with E-state index >= 15 is 0 Å². The third-order valence-electron chi connectivity index (χ3n) is 4.00. The summed E-state index contributed by atoms with van der Waals surface area (Å²) in [5.74, 6) is 0.853. The number of aryl methyl sites for hydroxylation is 2. The smallest absolute Gasteiger partial charge is 0.179 e. The fourth-order valence-corrected chi connectivity index (χ4v) is 2.21. The maximum Gasteiger partial charge on any atom is 0.179 e. The summed E-state index contributed by atoms with van der Waals surface area (Å²) < 4.78 is 0. The van der Waals surface area contributed by atoms with Crippen LogP contribution >= 0.6 is 0 Å². The Balaban J connectivity index is 2.84. The summed E-state index contributed by atoms with van der Waals surface area (Å²) in [6.45, 7) is 11.4. The number of rotatable bonds is 6. The fourth-order valence-electron chi connectivity index (χ4n) is 2.21. The fraction of sp³-hybridized carbons (Fsp3) is 0.588. The highest BCUT2D eigenvalue weighted by atomic mass is 16.1. The SMILES string of the molecule is CCC(C)CN(C)C(C)C(=O)c1cc(C)ccc1C. The molecule has 0 amide bonds. The number of ketones is 1. The molecule has 2 atom stereocenters. The lowest BCUT2D eigenvalue weighted by atomic mass is 9.97. The van der Waals surface area contributed by atoms with Gasteiger partial charge in [-0.1, -0.05) is 38.0 Å². The van der Waals surface area contributed by atoms with Gasteiger partial charge in [0.05, 0.1) is 6.04 Å². The molecule has 0 heterocycles. The summed E-state index contributed by atoms with van der Waals surface area (Å²) in [7, 11) is 2.04. The lowest BCUT2D eigenvalue weighted by Gasteiger charge is -2.26. The minimum absolute atomic E-state index is 0.0606. The Kier molecular flexibility index (Phi) is 5.74. The van der Waals surface area contributed by atoms with E-state index in [9.17, 15) is 4.79 Å². The number of Topliss-reactive ketones (excluding diaryl/α,β-unsaturated/α-hetero) is 1. The zero-order valence-corrected chi connectivity index (χ0v) is 13.2. The highest BCUT2D eigenvalue weighted by molar-refractivity contribution is 6.01. The van der Waals surface area contributed by atoms with Crippen LogP contribution in [-0.4, -0.2) is 30.3 Å². The lowest BCUT2D eigenvalue weighted by Crippen LogP contribution is -2.38. The second kappa shape index (κ2) is 6.85. The quantitative estimate of drug-likeness (QED) is 0.725. The first-order valence-electron chi connectivity index (χ1n) is 7.18. The number of carbonyl (C=O) groups excluding carboxylic acids is 1. The molecule has 1 rings (SSSR count). The minimum atomic E-state index is -0.0606. The third-order valence-corrected chi connectivity index (χ3v) is 4.00. The van der Waals surface area contributed by atoms with Gasteiger partial charge in [0.25, 0.3) is 0 Å². The summed E-state index contributed by atoms with van der Waals surface area (Å²) >= 11 is 0. The monoisotopic (exact) mass is 261 g/mol. The average Bonchev–Trinajstić information content (AvgIpc) is 2.39. The molecule has 0 N–H and O–H groups in total. The standard InChI is InChI=1S/C17H27NO/c1-7-12(2)11-18(6)15(5)17(19)16-10-13(3)8-9-14(16)4/h8-10,12,15H,7,11H2,1-6H3. The van der Waals surface area contributed by atoms with Crippen LogP contribution in [0.4, 0.5) is 0 Å². The van der Waals surface area contributed by atoms with Crippen LogP contribution in [0.3, 0.4) is 0 Å². The molecule has 0 aliphatic heterocycles. The third kappa shape index (κ3) is 4.17. The first-order valence-corrected chi connectivity index (χ1v) is 7.18. The molecule has 0 radical (unpaired) electrons. The van der Waals surface area contributed by atoms with Crippen molar-refractivity contribution in [2.24, 2.45) is 5.92 Å². The second-order valence-corrected chi connectivity index (χ2v) is 5.81. The molecule has 1 aromatic rings. The molecule has 19 heavy (non-hydrogen) atoms. The molecule has 2 nitrogen and oxygen atoms in total. The predicted molar refractivity (Wildman–Crippen MR) is 81.8 cm³/mol. The van der Waals surface area contributed by atoms with E-state index in [-0.39, 0.29) is 11.8 Å². The molecule has 0 saturated heterocycles. The van der Waals surface area contributed by atoms with Gasteiger partial charge in [-0.3, -0.25) is 9.69 Å². The molecule has 0 fully saturated rings. The van der Waals surface area contributed by atoms with Crippen LogP contribution in [0.5, 0.6) is 0 Å². The van der Waals surface area contributed by atoms with Crippen LogP contribution in [0.25, 0.3) is 0 Å². The maximum atomic E-state index is 12.6. The van der Waals surface area contributed by atoms with Gasteiger partial charge in [-0.2, -0.15) is 0 Å². The van der Waals surface area contributed by atoms with Crippen LogP contribution in [0, 0.1) is 19.8 Å². The zero-order chi connectivity index (χ0) is 14.6. The van der Waals surface area contributed by atoms with Gasteiger partial charge in [-0.25, -0.2) is 0 Å². The van der Waals surface area contributed by atoms with Crippen LogP contribution in [0.2, 0.25) is 0 Å². The lowest BCUT2D eigenvalue weighted by molar-refractivity contribution is 0.0853. The predicted octanol–water partition coefficient (Wildman–Crippen LogP) is 3.85. The first-order chi connectivity index (χ1) is 8.86. The van der Waals surface area contributed by atoms with E-state index in [0.29, 0.717) is 5.92 Å². The van der Waals surface area contributed by atoms with Crippen molar-refractivity contribution in [2.45, 2.75) is 47.1 Å². The van der Waals surface area contributed by atoms with E-state index in [1.165, 1.54) is 0 Å². The van der Waals surface area contributed by atoms with Crippen molar-refractivity contribution in [3.63, 3.8) is 0 Å². The molecule has 0 bridgehead atoms. The summed E-state index contributed by atoms with van der Waals surface area (Å²) in [5, 5.41) is 0. The number of nitrogens with zero attached hydrogens (tertiary/aromatic N) is 1. The van der Waals surface area contributed by atoms with Crippen molar-refractivity contribution < 1.29 is 4.79 Å².